The van der Waals surface area contributed by atoms with Crippen LogP contribution in [0.1, 0.15) is 54.9 Å². The number of hydrogen-bond donors (Lipinski definition) is 4. The van der Waals surface area contributed by atoms with Crippen molar-refractivity contribution < 1.29 is 48.3 Å². The average Bonchev–Trinajstić information content (AvgIpc) is 2.82. The van der Waals surface area contributed by atoms with E-state index in [-0.39, 0.29) is 47.9 Å². The monoisotopic (exact) mass is 552 g/mol. The van der Waals surface area contributed by atoms with Gasteiger partial charge in [-0.1, -0.05) is 23.4 Å². The van der Waals surface area contributed by atoms with E-state index in [1.807, 2.05) is 0 Å². The highest BCUT2D eigenvalue weighted by Crippen LogP contribution is 2.40. The molecule has 2 atom stereocenters. The van der Waals surface area contributed by atoms with Crippen LogP contribution in [-0.4, -0.2) is 74.4 Å². The molecule has 0 unspecified atom stereocenters. The van der Waals surface area contributed by atoms with Gasteiger partial charge in [0.15, 0.2) is 6.61 Å². The number of esters is 1. The van der Waals surface area contributed by atoms with Crippen molar-refractivity contribution in [1.29, 1.82) is 0 Å². The first-order chi connectivity index (χ1) is 18.0. The Bertz CT molecular complexity index is 1140. The van der Waals surface area contributed by atoms with Gasteiger partial charge in [0.25, 0.3) is 5.91 Å². The van der Waals surface area contributed by atoms with Gasteiger partial charge in [-0.2, -0.15) is 0 Å². The Kier molecular flexibility index (Phi) is 10.5. The van der Waals surface area contributed by atoms with Gasteiger partial charge in [0, 0.05) is 32.0 Å². The summed E-state index contributed by atoms with van der Waals surface area (Å²) in [6.07, 6.45) is 8.30. The van der Waals surface area contributed by atoms with Gasteiger partial charge in [0.1, 0.15) is 23.2 Å². The van der Waals surface area contributed by atoms with Gasteiger partial charge in [-0.25, -0.2) is 9.36 Å². The first-order valence-corrected chi connectivity index (χ1v) is 13.8. The third kappa shape index (κ3) is 9.29. The molecule has 0 radical (unpaired) electrons. The molecule has 2 aliphatic heterocycles. The molecule has 1 amide bonds. The van der Waals surface area contributed by atoms with Gasteiger partial charge in [-0.3, -0.25) is 14.6 Å². The molecule has 208 valence electrons. The third-order valence-corrected chi connectivity index (χ3v) is 6.32. The average molecular weight is 553 g/mol. The van der Waals surface area contributed by atoms with Crippen molar-refractivity contribution in [1.82, 2.24) is 4.90 Å². The molecule has 0 aromatic heterocycles. The van der Waals surface area contributed by atoms with Crippen LogP contribution in [0.25, 0.3) is 0 Å². The van der Waals surface area contributed by atoms with Crippen LogP contribution in [0.4, 0.5) is 0 Å². The Morgan fingerprint density at radius 2 is 1.92 bits per heavy atom. The third-order valence-electron chi connectivity index (χ3n) is 5.87. The number of benzene rings is 1. The van der Waals surface area contributed by atoms with E-state index in [2.05, 4.69) is 9.68 Å². The van der Waals surface area contributed by atoms with Crippen molar-refractivity contribution in [2.75, 3.05) is 19.7 Å². The molecule has 2 aliphatic rings. The first-order valence-electron chi connectivity index (χ1n) is 12.3. The summed E-state index contributed by atoms with van der Waals surface area (Å²) < 4.78 is 21.4. The number of carbonyl (C=O) groups excluding carboxylic acids is 2. The number of hydrogen-bond acceptors (Lipinski definition) is 9. The molecule has 13 heteroatoms. The van der Waals surface area contributed by atoms with E-state index in [1.165, 1.54) is 12.1 Å². The molecule has 0 aliphatic carbocycles. The standard InChI is InChI=1S/C25H33N2O10P/c1-17-7-5-9-20(28)10-6-8-19(26-35-16-23(30)27-11-3-2-4-12-27)13-18-14-21(37-38(32,33)34)15-22(29)24(18)25(31)36-17/h5-6,8-9,14-15,17,20,28-29H,2-4,7,10-13,16H2,1H3,(H2,32,33,34)/b8-6+,9-5+,26-19-/t17-,20+/m1/s1. The summed E-state index contributed by atoms with van der Waals surface area (Å²) in [6.45, 7) is 2.64. The lowest BCUT2D eigenvalue weighted by Gasteiger charge is -2.26. The van der Waals surface area contributed by atoms with Gasteiger partial charge < -0.3 is 29.2 Å². The zero-order chi connectivity index (χ0) is 27.7. The molecule has 1 aromatic carbocycles. The van der Waals surface area contributed by atoms with Gasteiger partial charge in [0.05, 0.1) is 11.8 Å². The van der Waals surface area contributed by atoms with Crippen molar-refractivity contribution >= 4 is 25.4 Å². The van der Waals surface area contributed by atoms with Crippen LogP contribution >= 0.6 is 7.82 Å². The number of cyclic esters (lactones) is 1. The SMILES string of the molecule is C[C@@H]1C/C=C/[C@H](O)C/C=C/C(=N/OCC(=O)N2CCCCC2)Cc2cc(OP(=O)(O)O)cc(O)c2C(=O)O1. The van der Waals surface area contributed by atoms with Crippen molar-refractivity contribution in [3.05, 3.63) is 47.6 Å². The van der Waals surface area contributed by atoms with Crippen molar-refractivity contribution in [3.8, 4) is 11.5 Å². The second kappa shape index (κ2) is 13.6. The number of phosphoric acid groups is 1. The van der Waals surface area contributed by atoms with Crippen LogP contribution in [-0.2, 0) is 25.4 Å². The van der Waals surface area contributed by atoms with Crippen LogP contribution in [0.3, 0.4) is 0 Å². The number of aromatic hydroxyl groups is 1. The lowest BCUT2D eigenvalue weighted by molar-refractivity contribution is -0.137. The lowest BCUT2D eigenvalue weighted by atomic mass is 9.99. The number of phenolic OH excluding ortho intramolecular Hbond substituents is 1. The van der Waals surface area contributed by atoms with Crippen molar-refractivity contribution in [2.24, 2.45) is 5.16 Å². The van der Waals surface area contributed by atoms with Gasteiger partial charge >= 0.3 is 13.8 Å². The van der Waals surface area contributed by atoms with Crippen molar-refractivity contribution in [2.45, 2.75) is 57.7 Å². The molecule has 0 bridgehead atoms. The predicted molar refractivity (Wildman–Crippen MR) is 137 cm³/mol. The predicted octanol–water partition coefficient (Wildman–Crippen LogP) is 2.60. The number of rotatable bonds is 5. The quantitative estimate of drug-likeness (QED) is 0.184. The molecule has 4 N–H and O–H groups in total. The van der Waals surface area contributed by atoms with E-state index in [0.29, 0.717) is 19.5 Å². The molecular formula is C25H33N2O10P. The maximum absolute atomic E-state index is 13.0. The summed E-state index contributed by atoms with van der Waals surface area (Å²) in [7, 11) is -4.96. The highest BCUT2D eigenvalue weighted by molar-refractivity contribution is 7.46. The highest BCUT2D eigenvalue weighted by Gasteiger charge is 2.25. The molecule has 12 nitrogen and oxygen atoms in total. The highest BCUT2D eigenvalue weighted by atomic mass is 31.2. The molecule has 38 heavy (non-hydrogen) atoms. The molecule has 1 aromatic rings. The maximum Gasteiger partial charge on any atom is 0.524 e. The minimum absolute atomic E-state index is 0.0909. The fraction of sp³-hybridized carbons (Fsp3) is 0.480. The number of amides is 1. The van der Waals surface area contributed by atoms with E-state index in [0.717, 1.165) is 25.3 Å². The summed E-state index contributed by atoms with van der Waals surface area (Å²) in [5.74, 6) is -2.07. The Labute approximate surface area is 220 Å². The fourth-order valence-electron chi connectivity index (χ4n) is 4.08. The van der Waals surface area contributed by atoms with Crippen LogP contribution in [0.2, 0.25) is 0 Å². The minimum Gasteiger partial charge on any atom is -0.507 e. The van der Waals surface area contributed by atoms with Crippen LogP contribution < -0.4 is 4.52 Å². The van der Waals surface area contributed by atoms with Gasteiger partial charge in [-0.15, -0.1) is 0 Å². The van der Waals surface area contributed by atoms with E-state index in [9.17, 15) is 34.2 Å². The summed E-state index contributed by atoms with van der Waals surface area (Å²) in [5.41, 5.74) is 0.0640. The Morgan fingerprint density at radius 3 is 2.63 bits per heavy atom. The molecule has 1 saturated heterocycles. The number of fused-ring (bicyclic) bond motifs is 1. The minimum atomic E-state index is -4.96. The number of aliphatic hydroxyl groups is 1. The summed E-state index contributed by atoms with van der Waals surface area (Å²) in [4.78, 5) is 50.8. The summed E-state index contributed by atoms with van der Waals surface area (Å²) in [6, 6.07) is 2.09. The zero-order valence-corrected chi connectivity index (χ0v) is 22.0. The Balaban J connectivity index is 1.94. The van der Waals surface area contributed by atoms with E-state index >= 15 is 0 Å². The number of oxime groups is 1. The zero-order valence-electron chi connectivity index (χ0n) is 21.1. The number of ether oxygens (including phenoxy) is 1. The summed E-state index contributed by atoms with van der Waals surface area (Å²) >= 11 is 0. The molecule has 1 fully saturated rings. The second-order valence-corrected chi connectivity index (χ2v) is 10.3. The number of likely N-dealkylation sites (tertiary alicyclic amines) is 1. The van der Waals surface area contributed by atoms with Crippen LogP contribution in [0, 0.1) is 0 Å². The van der Waals surface area contributed by atoms with Crippen LogP contribution in [0.5, 0.6) is 11.5 Å². The number of phenols is 1. The smallest absolute Gasteiger partial charge is 0.507 e. The largest absolute Gasteiger partial charge is 0.524 e. The van der Waals surface area contributed by atoms with Crippen LogP contribution in [0.15, 0.2) is 41.6 Å². The van der Waals surface area contributed by atoms with Crippen molar-refractivity contribution in [3.63, 3.8) is 0 Å². The maximum atomic E-state index is 13.0. The first kappa shape index (κ1) is 29.4. The molecule has 3 rings (SSSR count). The Morgan fingerprint density at radius 1 is 1.18 bits per heavy atom. The topological polar surface area (TPSA) is 175 Å². The van der Waals surface area contributed by atoms with Gasteiger partial charge in [-0.05, 0) is 50.3 Å². The number of allylic oxidation sites excluding steroid dienone is 1. The second-order valence-electron chi connectivity index (χ2n) is 9.12. The summed E-state index contributed by atoms with van der Waals surface area (Å²) in [5, 5.41) is 24.8. The molecule has 0 spiro atoms. The Hall–Kier alpha value is -3.18. The van der Waals surface area contributed by atoms with E-state index in [1.54, 1.807) is 30.1 Å². The fourth-order valence-corrected chi connectivity index (χ4v) is 4.46. The normalized spacial score (nSPS) is 24.1. The lowest BCUT2D eigenvalue weighted by Crippen LogP contribution is -2.37. The molecule has 0 saturated carbocycles. The van der Waals surface area contributed by atoms with E-state index < -0.39 is 31.7 Å². The molecule has 2 heterocycles. The number of phosphoric ester groups is 1. The molecular weight excluding hydrogens is 519 g/mol. The number of aliphatic hydroxyl groups excluding tert-OH is 1. The van der Waals surface area contributed by atoms with Gasteiger partial charge in [0.2, 0.25) is 0 Å². The number of nitrogens with zero attached hydrogens (tertiary/aromatic N) is 2. The number of carbonyl (C=O) groups is 2. The van der Waals surface area contributed by atoms with E-state index in [4.69, 9.17) is 9.57 Å². The number of piperidine rings is 1.